The highest BCUT2D eigenvalue weighted by Crippen LogP contribution is 2.39. The summed E-state index contributed by atoms with van der Waals surface area (Å²) in [5.74, 6) is -0.769. The molecule has 0 unspecified atom stereocenters. The van der Waals surface area contributed by atoms with Crippen LogP contribution in [-0.2, 0) is 10.0 Å². The first-order valence-corrected chi connectivity index (χ1v) is 11.9. The van der Waals surface area contributed by atoms with Crippen molar-refractivity contribution in [3.05, 3.63) is 89.2 Å². The van der Waals surface area contributed by atoms with Crippen LogP contribution in [0.5, 0.6) is 0 Å². The summed E-state index contributed by atoms with van der Waals surface area (Å²) in [6.45, 7) is 0. The Kier molecular flexibility index (Phi) is 6.07. The molecule has 0 spiro atoms. The molecule has 0 fully saturated rings. The SMILES string of the molecule is NS(=O)(=O)c1ccc(-c2nc(NC(=O)c3cccc(Cl)c3)sc2-c2ccc(F)cc2)cc1. The van der Waals surface area contributed by atoms with Crippen LogP contribution in [0.15, 0.2) is 77.7 Å². The average molecular weight is 488 g/mol. The third-order valence-electron chi connectivity index (χ3n) is 4.50. The Morgan fingerprint density at radius 2 is 1.66 bits per heavy atom. The monoisotopic (exact) mass is 487 g/mol. The second-order valence-corrected chi connectivity index (χ2v) is 9.73. The van der Waals surface area contributed by atoms with E-state index < -0.39 is 10.0 Å². The summed E-state index contributed by atoms with van der Waals surface area (Å²) in [6, 6.07) is 18.3. The normalized spacial score (nSPS) is 11.3. The van der Waals surface area contributed by atoms with E-state index in [9.17, 15) is 17.6 Å². The number of anilines is 1. The number of hydrogen-bond acceptors (Lipinski definition) is 5. The summed E-state index contributed by atoms with van der Waals surface area (Å²) in [5, 5.41) is 8.67. The summed E-state index contributed by atoms with van der Waals surface area (Å²) >= 11 is 7.17. The van der Waals surface area contributed by atoms with E-state index in [1.807, 2.05) is 0 Å². The minimum atomic E-state index is -3.84. The number of aromatic nitrogens is 1. The van der Waals surface area contributed by atoms with Gasteiger partial charge in [0.15, 0.2) is 5.13 Å². The Hall–Kier alpha value is -3.11. The number of sulfonamides is 1. The standard InChI is InChI=1S/C22H15ClFN3O3S2/c23-16-3-1-2-15(12-16)21(28)27-22-26-19(13-6-10-18(11-7-13)32(25,29)30)20(31-22)14-4-8-17(24)9-5-14/h1-12H,(H2,25,29,30)(H,26,27,28). The maximum atomic E-state index is 13.4. The fourth-order valence-corrected chi connectivity index (χ4v) is 4.66. The molecular formula is C22H15ClFN3O3S2. The Labute approximate surface area is 192 Å². The van der Waals surface area contributed by atoms with E-state index in [-0.39, 0.29) is 16.6 Å². The topological polar surface area (TPSA) is 102 Å². The highest BCUT2D eigenvalue weighted by atomic mass is 35.5. The number of thiazole rings is 1. The van der Waals surface area contributed by atoms with Gasteiger partial charge in [-0.15, -0.1) is 0 Å². The fourth-order valence-electron chi connectivity index (χ4n) is 2.97. The Morgan fingerprint density at radius 1 is 1.00 bits per heavy atom. The van der Waals surface area contributed by atoms with Gasteiger partial charge in [-0.2, -0.15) is 0 Å². The first kappa shape index (κ1) is 22.1. The van der Waals surface area contributed by atoms with Crippen molar-refractivity contribution in [2.75, 3.05) is 5.32 Å². The molecule has 1 amide bonds. The molecule has 4 aromatic rings. The Bertz CT molecular complexity index is 1400. The number of nitrogens with zero attached hydrogens (tertiary/aromatic N) is 1. The number of hydrogen-bond donors (Lipinski definition) is 2. The Morgan fingerprint density at radius 3 is 2.28 bits per heavy atom. The van der Waals surface area contributed by atoms with Gasteiger partial charge in [0.25, 0.3) is 5.91 Å². The van der Waals surface area contributed by atoms with Gasteiger partial charge in [-0.1, -0.05) is 53.3 Å². The molecule has 3 N–H and O–H groups in total. The van der Waals surface area contributed by atoms with Crippen molar-refractivity contribution < 1.29 is 17.6 Å². The largest absolute Gasteiger partial charge is 0.298 e. The smallest absolute Gasteiger partial charge is 0.257 e. The van der Waals surface area contributed by atoms with E-state index in [1.54, 1.807) is 42.5 Å². The van der Waals surface area contributed by atoms with Crippen LogP contribution in [0.25, 0.3) is 21.7 Å². The van der Waals surface area contributed by atoms with Crippen LogP contribution >= 0.6 is 22.9 Å². The molecule has 0 aliphatic rings. The first-order chi connectivity index (χ1) is 15.2. The predicted octanol–water partition coefficient (Wildman–Crippen LogP) is 5.17. The van der Waals surface area contributed by atoms with Crippen LogP contribution in [0.4, 0.5) is 9.52 Å². The third kappa shape index (κ3) is 4.86. The zero-order chi connectivity index (χ0) is 22.9. The average Bonchev–Trinajstić information content (AvgIpc) is 3.17. The Balaban J connectivity index is 1.75. The number of halogens is 2. The van der Waals surface area contributed by atoms with Gasteiger partial charge in [0, 0.05) is 16.1 Å². The lowest BCUT2D eigenvalue weighted by molar-refractivity contribution is 0.102. The summed E-state index contributed by atoms with van der Waals surface area (Å²) in [4.78, 5) is 17.8. The number of nitrogens with two attached hydrogens (primary N) is 1. The summed E-state index contributed by atoms with van der Waals surface area (Å²) < 4.78 is 36.5. The first-order valence-electron chi connectivity index (χ1n) is 9.17. The van der Waals surface area contributed by atoms with Crippen molar-refractivity contribution in [2.24, 2.45) is 5.14 Å². The molecule has 162 valence electrons. The number of benzene rings is 3. The van der Waals surface area contributed by atoms with Crippen LogP contribution in [0.2, 0.25) is 5.02 Å². The van der Waals surface area contributed by atoms with Crippen molar-refractivity contribution in [1.29, 1.82) is 0 Å². The lowest BCUT2D eigenvalue weighted by Crippen LogP contribution is -2.11. The van der Waals surface area contributed by atoms with E-state index in [2.05, 4.69) is 10.3 Å². The van der Waals surface area contributed by atoms with E-state index in [0.717, 1.165) is 0 Å². The number of primary sulfonamides is 1. The van der Waals surface area contributed by atoms with Crippen LogP contribution in [0.3, 0.4) is 0 Å². The number of carbonyl (C=O) groups excluding carboxylic acids is 1. The molecule has 4 rings (SSSR count). The van der Waals surface area contributed by atoms with Crippen molar-refractivity contribution >= 4 is 44.0 Å². The van der Waals surface area contributed by atoms with Gasteiger partial charge in [0.05, 0.1) is 15.5 Å². The van der Waals surface area contributed by atoms with Gasteiger partial charge in [-0.3, -0.25) is 10.1 Å². The molecule has 0 aliphatic heterocycles. The van der Waals surface area contributed by atoms with Crippen LogP contribution < -0.4 is 10.5 Å². The summed E-state index contributed by atoms with van der Waals surface area (Å²) in [7, 11) is -3.84. The highest BCUT2D eigenvalue weighted by molar-refractivity contribution is 7.89. The quantitative estimate of drug-likeness (QED) is 0.405. The lowest BCUT2D eigenvalue weighted by Gasteiger charge is -2.04. The van der Waals surface area contributed by atoms with Crippen molar-refractivity contribution in [1.82, 2.24) is 4.98 Å². The minimum absolute atomic E-state index is 0.0331. The molecule has 0 atom stereocenters. The molecule has 0 bridgehead atoms. The van der Waals surface area contributed by atoms with Crippen molar-refractivity contribution in [3.63, 3.8) is 0 Å². The van der Waals surface area contributed by atoms with Crippen molar-refractivity contribution in [2.45, 2.75) is 4.90 Å². The van der Waals surface area contributed by atoms with Gasteiger partial charge in [0.2, 0.25) is 10.0 Å². The lowest BCUT2D eigenvalue weighted by atomic mass is 10.1. The maximum Gasteiger partial charge on any atom is 0.257 e. The predicted molar refractivity (Wildman–Crippen MR) is 124 cm³/mol. The molecule has 0 aliphatic carbocycles. The zero-order valence-electron chi connectivity index (χ0n) is 16.2. The maximum absolute atomic E-state index is 13.4. The molecule has 6 nitrogen and oxygen atoms in total. The van der Waals surface area contributed by atoms with Gasteiger partial charge < -0.3 is 0 Å². The minimum Gasteiger partial charge on any atom is -0.298 e. The number of amides is 1. The molecule has 32 heavy (non-hydrogen) atoms. The number of carbonyl (C=O) groups is 1. The number of nitrogens with one attached hydrogen (secondary N) is 1. The highest BCUT2D eigenvalue weighted by Gasteiger charge is 2.18. The van der Waals surface area contributed by atoms with E-state index in [1.165, 1.54) is 41.7 Å². The molecule has 3 aromatic carbocycles. The van der Waals surface area contributed by atoms with Gasteiger partial charge in [0.1, 0.15) is 5.82 Å². The van der Waals surface area contributed by atoms with Gasteiger partial charge in [-0.25, -0.2) is 22.9 Å². The van der Waals surface area contributed by atoms with E-state index >= 15 is 0 Å². The third-order valence-corrected chi connectivity index (χ3v) is 6.68. The molecule has 1 aromatic heterocycles. The molecular weight excluding hydrogens is 473 g/mol. The molecule has 0 radical (unpaired) electrons. The molecule has 0 saturated carbocycles. The number of rotatable bonds is 5. The molecule has 0 saturated heterocycles. The fraction of sp³-hybridized carbons (Fsp3) is 0. The van der Waals surface area contributed by atoms with Crippen LogP contribution in [-0.4, -0.2) is 19.3 Å². The molecule has 1 heterocycles. The van der Waals surface area contributed by atoms with Crippen molar-refractivity contribution in [3.8, 4) is 21.7 Å². The van der Waals surface area contributed by atoms with Crippen LogP contribution in [0.1, 0.15) is 10.4 Å². The zero-order valence-corrected chi connectivity index (χ0v) is 18.6. The summed E-state index contributed by atoms with van der Waals surface area (Å²) in [6.07, 6.45) is 0. The second-order valence-electron chi connectivity index (χ2n) is 6.74. The van der Waals surface area contributed by atoms with E-state index in [4.69, 9.17) is 16.7 Å². The van der Waals surface area contributed by atoms with Gasteiger partial charge >= 0.3 is 0 Å². The molecule has 10 heteroatoms. The van der Waals surface area contributed by atoms with E-state index in [0.29, 0.717) is 37.4 Å². The van der Waals surface area contributed by atoms with Gasteiger partial charge in [-0.05, 0) is 48.0 Å². The second kappa shape index (κ2) is 8.79. The van der Waals surface area contributed by atoms with Crippen LogP contribution in [0, 0.1) is 5.82 Å². The summed E-state index contributed by atoms with van der Waals surface area (Å²) in [5.41, 5.74) is 2.17.